The van der Waals surface area contributed by atoms with Gasteiger partial charge in [-0.1, -0.05) is 19.3 Å². The van der Waals surface area contributed by atoms with E-state index in [1.54, 1.807) is 4.90 Å². The lowest BCUT2D eigenvalue weighted by Gasteiger charge is -2.34. The Bertz CT molecular complexity index is 393. The topological polar surface area (TPSA) is 49.9 Å². The first-order valence-corrected chi connectivity index (χ1v) is 8.47. The Morgan fingerprint density at radius 2 is 1.90 bits per heavy atom. The van der Waals surface area contributed by atoms with Crippen LogP contribution in [0.1, 0.15) is 51.4 Å². The lowest BCUT2D eigenvalue weighted by molar-refractivity contribution is -0.133. The molecule has 0 bridgehead atoms. The summed E-state index contributed by atoms with van der Waals surface area (Å²) in [5.74, 6) is 0.935. The van der Waals surface area contributed by atoms with Crippen LogP contribution in [0, 0.1) is 5.92 Å². The number of amides is 2. The smallest absolute Gasteiger partial charge is 0.409 e. The molecule has 0 N–H and O–H groups in total. The molecule has 0 aromatic carbocycles. The minimum absolute atomic E-state index is 0.225. The monoisotopic (exact) mass is 294 g/mol. The van der Waals surface area contributed by atoms with Crippen LogP contribution in [0.3, 0.4) is 0 Å². The first kappa shape index (κ1) is 14.7. The summed E-state index contributed by atoms with van der Waals surface area (Å²) >= 11 is 0. The van der Waals surface area contributed by atoms with E-state index in [-0.39, 0.29) is 12.0 Å². The highest BCUT2D eigenvalue weighted by Gasteiger charge is 2.35. The Morgan fingerprint density at radius 3 is 2.62 bits per heavy atom. The number of rotatable bonds is 4. The Kier molecular flexibility index (Phi) is 4.66. The molecule has 21 heavy (non-hydrogen) atoms. The second kappa shape index (κ2) is 6.67. The maximum absolute atomic E-state index is 12.5. The minimum Gasteiger partial charge on any atom is -0.448 e. The summed E-state index contributed by atoms with van der Waals surface area (Å²) in [5, 5.41) is 0. The predicted octanol–water partition coefficient (Wildman–Crippen LogP) is 2.40. The van der Waals surface area contributed by atoms with Crippen LogP contribution < -0.4 is 0 Å². The van der Waals surface area contributed by atoms with Crippen LogP contribution in [0.15, 0.2) is 0 Å². The molecule has 0 aromatic rings. The van der Waals surface area contributed by atoms with E-state index >= 15 is 0 Å². The molecular weight excluding hydrogens is 268 g/mol. The molecule has 1 saturated carbocycles. The van der Waals surface area contributed by atoms with Crippen LogP contribution in [0.25, 0.3) is 0 Å². The van der Waals surface area contributed by atoms with E-state index in [0.717, 1.165) is 13.0 Å². The number of ether oxygens (including phenoxy) is 1. The van der Waals surface area contributed by atoms with Crippen LogP contribution in [0.4, 0.5) is 4.79 Å². The van der Waals surface area contributed by atoms with Crippen LogP contribution in [-0.2, 0) is 9.53 Å². The average molecular weight is 294 g/mol. The first-order valence-electron chi connectivity index (χ1n) is 8.47. The maximum Gasteiger partial charge on any atom is 0.409 e. The van der Waals surface area contributed by atoms with Gasteiger partial charge in [-0.15, -0.1) is 0 Å². The van der Waals surface area contributed by atoms with Crippen molar-refractivity contribution in [2.75, 3.05) is 26.2 Å². The van der Waals surface area contributed by atoms with Gasteiger partial charge in [0.15, 0.2) is 0 Å². The minimum atomic E-state index is -0.270. The van der Waals surface area contributed by atoms with Crippen molar-refractivity contribution in [2.24, 2.45) is 5.92 Å². The number of carbonyl (C=O) groups excluding carboxylic acids is 2. The Hall–Kier alpha value is -1.26. The van der Waals surface area contributed by atoms with Crippen molar-refractivity contribution in [1.82, 2.24) is 9.80 Å². The van der Waals surface area contributed by atoms with Crippen LogP contribution in [-0.4, -0.2) is 54.1 Å². The van der Waals surface area contributed by atoms with Crippen LogP contribution in [0.2, 0.25) is 0 Å². The van der Waals surface area contributed by atoms with Gasteiger partial charge in [-0.05, 0) is 31.6 Å². The van der Waals surface area contributed by atoms with E-state index in [4.69, 9.17) is 4.74 Å². The van der Waals surface area contributed by atoms with Crippen molar-refractivity contribution < 1.29 is 14.3 Å². The van der Waals surface area contributed by atoms with E-state index in [0.29, 0.717) is 38.1 Å². The zero-order chi connectivity index (χ0) is 14.7. The summed E-state index contributed by atoms with van der Waals surface area (Å²) in [6.07, 6.45) is 9.05. The summed E-state index contributed by atoms with van der Waals surface area (Å²) in [7, 11) is 0. The number of nitrogens with zero attached hydrogens (tertiary/aromatic N) is 2. The molecule has 1 atom stereocenters. The fraction of sp³-hybridized carbons (Fsp3) is 0.875. The highest BCUT2D eigenvalue weighted by molar-refractivity contribution is 5.78. The standard InChI is InChI=1S/C16H26N2O3/c19-15(8-10-17-11-12-21-16(17)20)18-9-4-7-14(18)13-5-2-1-3-6-13/h13-14H,1-12H2/t14-/m0/s1. The first-order chi connectivity index (χ1) is 10.3. The highest BCUT2D eigenvalue weighted by Crippen LogP contribution is 2.34. The molecule has 0 aromatic heterocycles. The van der Waals surface area contributed by atoms with Crippen LogP contribution >= 0.6 is 0 Å². The number of hydrogen-bond acceptors (Lipinski definition) is 3. The summed E-state index contributed by atoms with van der Waals surface area (Å²) in [4.78, 5) is 27.7. The highest BCUT2D eigenvalue weighted by atomic mass is 16.6. The van der Waals surface area contributed by atoms with Gasteiger partial charge < -0.3 is 14.5 Å². The van der Waals surface area contributed by atoms with E-state index in [9.17, 15) is 9.59 Å². The van der Waals surface area contributed by atoms with Gasteiger partial charge in [0.1, 0.15) is 6.61 Å². The molecule has 2 amide bonds. The molecule has 0 unspecified atom stereocenters. The molecule has 1 aliphatic carbocycles. The third kappa shape index (κ3) is 3.33. The molecule has 3 aliphatic rings. The van der Waals surface area contributed by atoms with Gasteiger partial charge >= 0.3 is 6.09 Å². The largest absolute Gasteiger partial charge is 0.448 e. The van der Waals surface area contributed by atoms with Gasteiger partial charge in [-0.25, -0.2) is 4.79 Å². The van der Waals surface area contributed by atoms with E-state index in [2.05, 4.69) is 4.90 Å². The zero-order valence-electron chi connectivity index (χ0n) is 12.8. The van der Waals surface area contributed by atoms with Crippen molar-refractivity contribution in [3.05, 3.63) is 0 Å². The van der Waals surface area contributed by atoms with Crippen molar-refractivity contribution in [1.29, 1.82) is 0 Å². The van der Waals surface area contributed by atoms with Gasteiger partial charge in [-0.3, -0.25) is 4.79 Å². The number of hydrogen-bond donors (Lipinski definition) is 0. The molecule has 0 radical (unpaired) electrons. The molecule has 3 fully saturated rings. The van der Waals surface area contributed by atoms with E-state index in [1.165, 1.54) is 38.5 Å². The normalized spacial score (nSPS) is 27.2. The molecule has 118 valence electrons. The summed E-state index contributed by atoms with van der Waals surface area (Å²) < 4.78 is 4.90. The van der Waals surface area contributed by atoms with Gasteiger partial charge in [0.25, 0.3) is 0 Å². The fourth-order valence-corrected chi connectivity index (χ4v) is 4.11. The predicted molar refractivity (Wildman–Crippen MR) is 78.8 cm³/mol. The summed E-state index contributed by atoms with van der Waals surface area (Å²) in [6.45, 7) is 2.50. The Morgan fingerprint density at radius 1 is 1.10 bits per heavy atom. The van der Waals surface area contributed by atoms with Crippen molar-refractivity contribution >= 4 is 12.0 Å². The molecule has 2 aliphatic heterocycles. The fourth-order valence-electron chi connectivity index (χ4n) is 4.11. The molecule has 5 nitrogen and oxygen atoms in total. The van der Waals surface area contributed by atoms with Gasteiger partial charge in [0, 0.05) is 25.6 Å². The summed E-state index contributed by atoms with van der Waals surface area (Å²) in [5.41, 5.74) is 0. The van der Waals surface area contributed by atoms with Gasteiger partial charge in [0.2, 0.25) is 5.91 Å². The number of cyclic esters (lactones) is 1. The second-order valence-electron chi connectivity index (χ2n) is 6.55. The third-order valence-electron chi connectivity index (χ3n) is 5.25. The van der Waals surface area contributed by atoms with Crippen molar-refractivity contribution in [3.63, 3.8) is 0 Å². The quantitative estimate of drug-likeness (QED) is 0.800. The third-order valence-corrected chi connectivity index (χ3v) is 5.25. The number of likely N-dealkylation sites (tertiary alicyclic amines) is 1. The van der Waals surface area contributed by atoms with Crippen molar-refractivity contribution in [2.45, 2.75) is 57.4 Å². The Balaban J connectivity index is 1.51. The lowest BCUT2D eigenvalue weighted by atomic mass is 9.83. The maximum atomic E-state index is 12.5. The SMILES string of the molecule is O=C1OCCN1CCC(=O)N1CCC[C@H]1C1CCCCC1. The van der Waals surface area contributed by atoms with Gasteiger partial charge in [-0.2, -0.15) is 0 Å². The summed E-state index contributed by atoms with van der Waals surface area (Å²) in [6, 6.07) is 0.461. The average Bonchev–Trinajstić information content (AvgIpc) is 3.15. The van der Waals surface area contributed by atoms with Gasteiger partial charge in [0.05, 0.1) is 6.54 Å². The lowest BCUT2D eigenvalue weighted by Crippen LogP contribution is -2.42. The number of carbonyl (C=O) groups is 2. The van der Waals surface area contributed by atoms with Crippen molar-refractivity contribution in [3.8, 4) is 0 Å². The molecule has 3 rings (SSSR count). The second-order valence-corrected chi connectivity index (χ2v) is 6.55. The molecular formula is C16H26N2O3. The van der Waals surface area contributed by atoms with Crippen LogP contribution in [0.5, 0.6) is 0 Å². The molecule has 2 heterocycles. The van der Waals surface area contributed by atoms with E-state index < -0.39 is 0 Å². The van der Waals surface area contributed by atoms with E-state index in [1.807, 2.05) is 0 Å². The molecule has 5 heteroatoms. The molecule has 2 saturated heterocycles. The zero-order valence-corrected chi connectivity index (χ0v) is 12.8. The molecule has 0 spiro atoms. The Labute approximate surface area is 126 Å².